The number of rotatable bonds is 4. The van der Waals surface area contributed by atoms with Crippen molar-refractivity contribution in [2.75, 3.05) is 19.7 Å². The number of piperidine rings is 1. The fourth-order valence-corrected chi connectivity index (χ4v) is 4.04. The zero-order valence-corrected chi connectivity index (χ0v) is 18.1. The Kier molecular flexibility index (Phi) is 5.64. The Labute approximate surface area is 178 Å². The van der Waals surface area contributed by atoms with Crippen LogP contribution in [0.2, 0.25) is 0 Å². The van der Waals surface area contributed by atoms with Gasteiger partial charge in [-0.3, -0.25) is 0 Å². The second-order valence-corrected chi connectivity index (χ2v) is 9.53. The Morgan fingerprint density at radius 3 is 2.50 bits per heavy atom. The Balaban J connectivity index is 1.26. The van der Waals surface area contributed by atoms with E-state index in [4.69, 9.17) is 13.7 Å². The Morgan fingerprint density at radius 1 is 1.20 bits per heavy atom. The van der Waals surface area contributed by atoms with Gasteiger partial charge in [-0.25, -0.2) is 19.0 Å². The molecular formula is C21H25N3O5S. The Bertz CT molecular complexity index is 950. The molecule has 1 saturated heterocycles. The molecule has 30 heavy (non-hydrogen) atoms. The van der Waals surface area contributed by atoms with Crippen LogP contribution in [0.15, 0.2) is 35.5 Å². The molecule has 0 aliphatic carbocycles. The highest BCUT2D eigenvalue weighted by atomic mass is 32.2. The SMILES string of the molecule is CC(C)(C)OC(=O)N1CCC(COc2ncc(-c3ccc4c(c3)OS4=O)cn2)CC1. The minimum atomic E-state index is -1.33. The zero-order valence-electron chi connectivity index (χ0n) is 17.3. The summed E-state index contributed by atoms with van der Waals surface area (Å²) >= 11 is -1.33. The van der Waals surface area contributed by atoms with Gasteiger partial charge in [0.25, 0.3) is 0 Å². The largest absolute Gasteiger partial charge is 0.463 e. The number of aromatic nitrogens is 2. The van der Waals surface area contributed by atoms with Crippen LogP contribution in [0, 0.1) is 5.92 Å². The molecule has 1 amide bonds. The van der Waals surface area contributed by atoms with Gasteiger partial charge in [0, 0.05) is 31.0 Å². The quantitative estimate of drug-likeness (QED) is 0.731. The van der Waals surface area contributed by atoms with Crippen LogP contribution in [0.1, 0.15) is 33.6 Å². The lowest BCUT2D eigenvalue weighted by Gasteiger charge is -2.33. The van der Waals surface area contributed by atoms with Gasteiger partial charge in [-0.05, 0) is 57.2 Å². The average Bonchev–Trinajstić information content (AvgIpc) is 2.71. The molecule has 4 rings (SSSR count). The fourth-order valence-electron chi connectivity index (χ4n) is 3.32. The van der Waals surface area contributed by atoms with Crippen LogP contribution in [0.5, 0.6) is 11.8 Å². The van der Waals surface area contributed by atoms with E-state index in [2.05, 4.69) is 9.97 Å². The molecule has 2 aliphatic rings. The molecule has 3 heterocycles. The molecular weight excluding hydrogens is 406 g/mol. The number of hydrogen-bond acceptors (Lipinski definition) is 7. The molecule has 160 valence electrons. The number of fused-ring (bicyclic) bond motifs is 1. The monoisotopic (exact) mass is 431 g/mol. The van der Waals surface area contributed by atoms with E-state index in [1.165, 1.54) is 0 Å². The standard InChI is InChI=1S/C21H25N3O5S/c1-21(2,3)28-20(25)24-8-6-14(7-9-24)13-27-19-22-11-16(12-23-19)15-4-5-18-17(10-15)29-30(18)26/h4-5,10-12,14H,6-9,13H2,1-3H3. The van der Waals surface area contributed by atoms with Crippen LogP contribution in [-0.2, 0) is 15.8 Å². The first kappa shape index (κ1) is 20.6. The summed E-state index contributed by atoms with van der Waals surface area (Å²) in [6.07, 6.45) is 4.85. The van der Waals surface area contributed by atoms with E-state index >= 15 is 0 Å². The minimum absolute atomic E-state index is 0.256. The predicted molar refractivity (Wildman–Crippen MR) is 111 cm³/mol. The van der Waals surface area contributed by atoms with E-state index in [1.807, 2.05) is 32.9 Å². The summed E-state index contributed by atoms with van der Waals surface area (Å²) in [4.78, 5) is 23.2. The van der Waals surface area contributed by atoms with Gasteiger partial charge in [0.1, 0.15) is 10.5 Å². The van der Waals surface area contributed by atoms with E-state index in [0.717, 1.165) is 24.0 Å². The molecule has 0 spiro atoms. The lowest BCUT2D eigenvalue weighted by Crippen LogP contribution is -2.42. The number of nitrogens with zero attached hydrogens (tertiary/aromatic N) is 3. The molecule has 0 N–H and O–H groups in total. The first-order valence-electron chi connectivity index (χ1n) is 9.96. The van der Waals surface area contributed by atoms with Crippen LogP contribution in [-0.4, -0.2) is 50.5 Å². The van der Waals surface area contributed by atoms with Gasteiger partial charge in [0.05, 0.1) is 6.61 Å². The number of carbonyl (C=O) groups excluding carboxylic acids is 1. The van der Waals surface area contributed by atoms with E-state index in [1.54, 1.807) is 23.4 Å². The number of amides is 1. The predicted octanol–water partition coefficient (Wildman–Crippen LogP) is 3.58. The van der Waals surface area contributed by atoms with Crippen molar-refractivity contribution in [2.45, 2.75) is 44.1 Å². The van der Waals surface area contributed by atoms with Crippen LogP contribution in [0.3, 0.4) is 0 Å². The van der Waals surface area contributed by atoms with E-state index in [-0.39, 0.29) is 6.09 Å². The number of ether oxygens (including phenoxy) is 2. The van der Waals surface area contributed by atoms with Gasteiger partial charge in [-0.15, -0.1) is 0 Å². The molecule has 0 radical (unpaired) electrons. The van der Waals surface area contributed by atoms with Crippen molar-refractivity contribution in [1.29, 1.82) is 0 Å². The molecule has 1 aromatic carbocycles. The number of hydrogen-bond donors (Lipinski definition) is 0. The fraction of sp³-hybridized carbons (Fsp3) is 0.476. The minimum Gasteiger partial charge on any atom is -0.463 e. The third-order valence-corrected chi connectivity index (χ3v) is 5.99. The molecule has 2 aromatic rings. The third kappa shape index (κ3) is 4.72. The van der Waals surface area contributed by atoms with E-state index < -0.39 is 16.7 Å². The maximum Gasteiger partial charge on any atom is 0.410 e. The zero-order chi connectivity index (χ0) is 21.3. The molecule has 1 fully saturated rings. The van der Waals surface area contributed by atoms with Crippen molar-refractivity contribution in [2.24, 2.45) is 5.92 Å². The maximum atomic E-state index is 12.1. The van der Waals surface area contributed by atoms with Crippen LogP contribution >= 0.6 is 0 Å². The van der Waals surface area contributed by atoms with Crippen molar-refractivity contribution in [1.82, 2.24) is 14.9 Å². The summed E-state index contributed by atoms with van der Waals surface area (Å²) in [6, 6.07) is 5.82. The van der Waals surface area contributed by atoms with Crippen molar-refractivity contribution >= 4 is 17.2 Å². The van der Waals surface area contributed by atoms with E-state index in [9.17, 15) is 9.00 Å². The maximum absolute atomic E-state index is 12.1. The van der Waals surface area contributed by atoms with Crippen LogP contribution < -0.4 is 8.92 Å². The smallest absolute Gasteiger partial charge is 0.410 e. The topological polar surface area (TPSA) is 90.9 Å². The summed E-state index contributed by atoms with van der Waals surface area (Å²) < 4.78 is 27.6. The summed E-state index contributed by atoms with van der Waals surface area (Å²) in [5, 5.41) is 0. The summed E-state index contributed by atoms with van der Waals surface area (Å²) in [5.74, 6) is 0.974. The molecule has 2 aliphatic heterocycles. The van der Waals surface area contributed by atoms with Crippen LogP contribution in [0.4, 0.5) is 4.79 Å². The molecule has 0 saturated carbocycles. The van der Waals surface area contributed by atoms with Crippen LogP contribution in [0.25, 0.3) is 11.1 Å². The van der Waals surface area contributed by atoms with Crippen molar-refractivity contribution in [3.8, 4) is 22.9 Å². The second kappa shape index (κ2) is 8.22. The summed E-state index contributed by atoms with van der Waals surface area (Å²) in [6.45, 7) is 7.45. The highest BCUT2D eigenvalue weighted by Crippen LogP contribution is 2.36. The second-order valence-electron chi connectivity index (χ2n) is 8.46. The molecule has 9 heteroatoms. The molecule has 8 nitrogen and oxygen atoms in total. The van der Waals surface area contributed by atoms with Crippen molar-refractivity contribution < 1.29 is 22.7 Å². The number of likely N-dealkylation sites (tertiary alicyclic amines) is 1. The lowest BCUT2D eigenvalue weighted by molar-refractivity contribution is 0.0163. The van der Waals surface area contributed by atoms with Gasteiger partial charge >= 0.3 is 12.1 Å². The molecule has 0 bridgehead atoms. The Morgan fingerprint density at radius 2 is 1.90 bits per heavy atom. The summed E-state index contributed by atoms with van der Waals surface area (Å²) in [5.41, 5.74) is 1.25. The number of carbonyl (C=O) groups is 1. The van der Waals surface area contributed by atoms with Gasteiger partial charge < -0.3 is 18.6 Å². The average molecular weight is 432 g/mol. The molecule has 1 atom stereocenters. The first-order chi connectivity index (χ1) is 14.3. The lowest BCUT2D eigenvalue weighted by atomic mass is 9.98. The normalized spacial score (nSPS) is 18.8. The van der Waals surface area contributed by atoms with Gasteiger partial charge in [-0.2, -0.15) is 0 Å². The van der Waals surface area contributed by atoms with Gasteiger partial charge in [0.15, 0.2) is 5.75 Å². The number of benzene rings is 1. The van der Waals surface area contributed by atoms with Crippen molar-refractivity contribution in [3.05, 3.63) is 30.6 Å². The highest BCUT2D eigenvalue weighted by Gasteiger charge is 2.27. The van der Waals surface area contributed by atoms with E-state index in [0.29, 0.717) is 42.3 Å². The highest BCUT2D eigenvalue weighted by molar-refractivity contribution is 7.82. The van der Waals surface area contributed by atoms with Gasteiger partial charge in [0.2, 0.25) is 11.1 Å². The third-order valence-electron chi connectivity index (χ3n) is 4.96. The molecule has 1 unspecified atom stereocenters. The first-order valence-corrected chi connectivity index (χ1v) is 11.0. The van der Waals surface area contributed by atoms with Gasteiger partial charge in [-0.1, -0.05) is 6.07 Å². The summed E-state index contributed by atoms with van der Waals surface area (Å²) in [7, 11) is 0. The Hall–Kier alpha value is -2.68. The molecule has 1 aromatic heterocycles. The van der Waals surface area contributed by atoms with Crippen molar-refractivity contribution in [3.63, 3.8) is 0 Å².